The normalized spacial score (nSPS) is 12.8. The van der Waals surface area contributed by atoms with E-state index in [4.69, 9.17) is 5.11 Å². The second kappa shape index (κ2) is 3.48. The molecule has 4 heteroatoms. The number of rotatable bonds is 3. The number of hydrogen-bond donors (Lipinski definition) is 2. The van der Waals surface area contributed by atoms with Crippen LogP contribution < -0.4 is 0 Å². The van der Waals surface area contributed by atoms with Gasteiger partial charge in [-0.3, -0.25) is 4.79 Å². The first-order valence-electron chi connectivity index (χ1n) is 3.22. The zero-order valence-corrected chi connectivity index (χ0v) is 6.89. The Morgan fingerprint density at radius 1 is 1.82 bits per heavy atom. The van der Waals surface area contributed by atoms with Crippen molar-refractivity contribution in [2.45, 2.75) is 17.1 Å². The Bertz CT molecular complexity index is 233. The summed E-state index contributed by atoms with van der Waals surface area (Å²) in [4.78, 5) is 14.2. The van der Waals surface area contributed by atoms with E-state index >= 15 is 0 Å². The summed E-state index contributed by atoms with van der Waals surface area (Å²) in [6, 6.07) is 1.85. The van der Waals surface area contributed by atoms with E-state index in [2.05, 4.69) is 4.98 Å². The molecule has 60 valence electrons. The number of thioether (sulfide) groups is 1. The second-order valence-electron chi connectivity index (χ2n) is 2.15. The van der Waals surface area contributed by atoms with Crippen LogP contribution in [0.1, 0.15) is 6.92 Å². The molecule has 3 nitrogen and oxygen atoms in total. The molecule has 0 spiro atoms. The maximum atomic E-state index is 10.4. The molecule has 0 saturated heterocycles. The monoisotopic (exact) mass is 171 g/mol. The molecule has 0 fully saturated rings. The average Bonchev–Trinajstić information content (AvgIpc) is 2.39. The predicted octanol–water partition coefficient (Wildman–Crippen LogP) is 1.58. The zero-order chi connectivity index (χ0) is 8.27. The average molecular weight is 171 g/mol. The van der Waals surface area contributed by atoms with Gasteiger partial charge in [0.1, 0.15) is 5.25 Å². The fourth-order valence-corrected chi connectivity index (χ4v) is 1.43. The molecule has 1 heterocycles. The number of aromatic nitrogens is 1. The van der Waals surface area contributed by atoms with Gasteiger partial charge in [0.25, 0.3) is 0 Å². The highest BCUT2D eigenvalue weighted by Gasteiger charge is 2.11. The first kappa shape index (κ1) is 8.20. The number of carbonyl (C=O) groups is 1. The molecule has 1 aromatic rings. The van der Waals surface area contributed by atoms with E-state index in [1.807, 2.05) is 6.07 Å². The van der Waals surface area contributed by atoms with Crippen LogP contribution in [0, 0.1) is 0 Å². The molecule has 1 atom stereocenters. The maximum absolute atomic E-state index is 10.4. The van der Waals surface area contributed by atoms with Crippen molar-refractivity contribution in [3.63, 3.8) is 0 Å². The van der Waals surface area contributed by atoms with Crippen molar-refractivity contribution in [3.05, 3.63) is 18.5 Å². The topological polar surface area (TPSA) is 53.1 Å². The number of aliphatic carboxylic acids is 1. The van der Waals surface area contributed by atoms with Gasteiger partial charge >= 0.3 is 5.97 Å². The summed E-state index contributed by atoms with van der Waals surface area (Å²) in [5, 5.41) is 8.17. The highest BCUT2D eigenvalue weighted by atomic mass is 32.2. The maximum Gasteiger partial charge on any atom is 0.316 e. The van der Waals surface area contributed by atoms with E-state index in [1.54, 1.807) is 19.3 Å². The van der Waals surface area contributed by atoms with Crippen LogP contribution in [0.15, 0.2) is 23.4 Å². The Balaban J connectivity index is 2.50. The van der Waals surface area contributed by atoms with Gasteiger partial charge in [0, 0.05) is 17.3 Å². The molecule has 0 radical (unpaired) electrons. The Morgan fingerprint density at radius 2 is 2.55 bits per heavy atom. The molecule has 1 aromatic heterocycles. The van der Waals surface area contributed by atoms with Crippen molar-refractivity contribution in [1.82, 2.24) is 4.98 Å². The van der Waals surface area contributed by atoms with Crippen LogP contribution >= 0.6 is 11.8 Å². The van der Waals surface area contributed by atoms with Crippen molar-refractivity contribution in [3.8, 4) is 0 Å². The van der Waals surface area contributed by atoms with Gasteiger partial charge in [-0.15, -0.1) is 11.8 Å². The first-order valence-corrected chi connectivity index (χ1v) is 4.10. The van der Waals surface area contributed by atoms with Crippen LogP contribution in [0.2, 0.25) is 0 Å². The van der Waals surface area contributed by atoms with Crippen LogP contribution in [-0.4, -0.2) is 21.3 Å². The summed E-state index contributed by atoms with van der Waals surface area (Å²) >= 11 is 1.33. The van der Waals surface area contributed by atoms with Crippen LogP contribution in [0.5, 0.6) is 0 Å². The molecule has 11 heavy (non-hydrogen) atoms. The van der Waals surface area contributed by atoms with Crippen LogP contribution in [0.25, 0.3) is 0 Å². The van der Waals surface area contributed by atoms with E-state index < -0.39 is 5.97 Å². The van der Waals surface area contributed by atoms with E-state index in [0.29, 0.717) is 0 Å². The minimum absolute atomic E-state index is 0.384. The molecule has 0 aliphatic heterocycles. The summed E-state index contributed by atoms with van der Waals surface area (Å²) in [5.74, 6) is -0.781. The molecule has 0 bridgehead atoms. The number of aromatic amines is 1. The molecular formula is C7H9NO2S. The van der Waals surface area contributed by atoms with Crippen molar-refractivity contribution in [1.29, 1.82) is 0 Å². The molecular weight excluding hydrogens is 162 g/mol. The van der Waals surface area contributed by atoms with Gasteiger partial charge < -0.3 is 10.1 Å². The molecule has 0 aliphatic rings. The Labute approximate surface area is 68.8 Å². The largest absolute Gasteiger partial charge is 0.480 e. The van der Waals surface area contributed by atoms with Gasteiger partial charge in [-0.05, 0) is 13.0 Å². The minimum Gasteiger partial charge on any atom is -0.480 e. The number of hydrogen-bond acceptors (Lipinski definition) is 2. The van der Waals surface area contributed by atoms with Crippen molar-refractivity contribution < 1.29 is 9.90 Å². The third-order valence-electron chi connectivity index (χ3n) is 1.23. The van der Waals surface area contributed by atoms with Crippen molar-refractivity contribution in [2.75, 3.05) is 0 Å². The lowest BCUT2D eigenvalue weighted by Crippen LogP contribution is -2.10. The van der Waals surface area contributed by atoms with Gasteiger partial charge in [0.15, 0.2) is 0 Å². The SMILES string of the molecule is CC(Sc1cc[nH]c1)C(=O)O. The van der Waals surface area contributed by atoms with Gasteiger partial charge in [0.05, 0.1) is 0 Å². The predicted molar refractivity (Wildman–Crippen MR) is 43.7 cm³/mol. The van der Waals surface area contributed by atoms with E-state index in [9.17, 15) is 4.79 Å². The quantitative estimate of drug-likeness (QED) is 0.679. The van der Waals surface area contributed by atoms with Gasteiger partial charge in [-0.25, -0.2) is 0 Å². The highest BCUT2D eigenvalue weighted by molar-refractivity contribution is 8.00. The summed E-state index contributed by atoms with van der Waals surface area (Å²) in [5.41, 5.74) is 0. The molecule has 0 aliphatic carbocycles. The second-order valence-corrected chi connectivity index (χ2v) is 3.56. The van der Waals surface area contributed by atoms with Crippen LogP contribution in [0.4, 0.5) is 0 Å². The third kappa shape index (κ3) is 2.31. The van der Waals surface area contributed by atoms with Crippen LogP contribution in [-0.2, 0) is 4.79 Å². The van der Waals surface area contributed by atoms with E-state index in [-0.39, 0.29) is 5.25 Å². The number of carboxylic acid groups (broad SMARTS) is 1. The van der Waals surface area contributed by atoms with E-state index in [1.165, 1.54) is 11.8 Å². The molecule has 0 aromatic carbocycles. The smallest absolute Gasteiger partial charge is 0.316 e. The summed E-state index contributed by atoms with van der Waals surface area (Å²) in [6.45, 7) is 1.67. The zero-order valence-electron chi connectivity index (χ0n) is 6.07. The molecule has 0 saturated carbocycles. The summed E-state index contributed by atoms with van der Waals surface area (Å²) < 4.78 is 0. The summed E-state index contributed by atoms with van der Waals surface area (Å²) in [6.07, 6.45) is 3.56. The Morgan fingerprint density at radius 3 is 3.00 bits per heavy atom. The van der Waals surface area contributed by atoms with Gasteiger partial charge in [0.2, 0.25) is 0 Å². The Hall–Kier alpha value is -0.900. The molecule has 2 N–H and O–H groups in total. The number of nitrogens with one attached hydrogen (secondary N) is 1. The van der Waals surface area contributed by atoms with Crippen molar-refractivity contribution >= 4 is 17.7 Å². The molecule has 1 unspecified atom stereocenters. The standard InChI is InChI=1S/C7H9NO2S/c1-5(7(9)10)11-6-2-3-8-4-6/h2-5,8H,1H3,(H,9,10). The fourth-order valence-electron chi connectivity index (χ4n) is 0.636. The lowest BCUT2D eigenvalue weighted by Gasteiger charge is -2.01. The molecule has 1 rings (SSSR count). The highest BCUT2D eigenvalue weighted by Crippen LogP contribution is 2.21. The number of carboxylic acids is 1. The third-order valence-corrected chi connectivity index (χ3v) is 2.31. The van der Waals surface area contributed by atoms with Crippen LogP contribution in [0.3, 0.4) is 0 Å². The van der Waals surface area contributed by atoms with Crippen molar-refractivity contribution in [2.24, 2.45) is 0 Å². The molecule has 0 amide bonds. The number of H-pyrrole nitrogens is 1. The fraction of sp³-hybridized carbons (Fsp3) is 0.286. The minimum atomic E-state index is -0.781. The lowest BCUT2D eigenvalue weighted by atomic mass is 10.5. The van der Waals surface area contributed by atoms with Gasteiger partial charge in [-0.1, -0.05) is 0 Å². The lowest BCUT2D eigenvalue weighted by molar-refractivity contribution is -0.136. The Kier molecular flexibility index (Phi) is 2.59. The van der Waals surface area contributed by atoms with Gasteiger partial charge in [-0.2, -0.15) is 0 Å². The van der Waals surface area contributed by atoms with E-state index in [0.717, 1.165) is 4.90 Å². The summed E-state index contributed by atoms with van der Waals surface area (Å²) in [7, 11) is 0. The first-order chi connectivity index (χ1) is 5.20.